The van der Waals surface area contributed by atoms with Gasteiger partial charge in [-0.05, 0) is 36.2 Å². The van der Waals surface area contributed by atoms with Gasteiger partial charge in [0.05, 0.1) is 13.2 Å². The molecule has 2 atom stereocenters. The third-order valence-electron chi connectivity index (χ3n) is 4.68. The van der Waals surface area contributed by atoms with Crippen LogP contribution in [0.1, 0.15) is 41.6 Å². The number of benzene rings is 2. The van der Waals surface area contributed by atoms with Crippen molar-refractivity contribution in [3.63, 3.8) is 0 Å². The quantitative estimate of drug-likeness (QED) is 0.911. The van der Waals surface area contributed by atoms with Crippen molar-refractivity contribution in [1.82, 2.24) is 10.4 Å². The summed E-state index contributed by atoms with van der Waals surface area (Å²) in [6.07, 6.45) is 1.15. The number of hydrogen-bond acceptors (Lipinski definition) is 3. The van der Waals surface area contributed by atoms with E-state index >= 15 is 0 Å². The molecule has 2 aromatic carbocycles. The zero-order valence-corrected chi connectivity index (χ0v) is 14.4. The van der Waals surface area contributed by atoms with Gasteiger partial charge < -0.3 is 4.74 Å². The van der Waals surface area contributed by atoms with Crippen LogP contribution < -0.4 is 10.2 Å². The van der Waals surface area contributed by atoms with Gasteiger partial charge in [-0.2, -0.15) is 0 Å². The van der Waals surface area contributed by atoms with Crippen LogP contribution >= 0.6 is 0 Å². The van der Waals surface area contributed by atoms with Gasteiger partial charge in [0, 0.05) is 17.9 Å². The molecule has 2 aromatic rings. The number of ether oxygens (including phenoxy) is 1. The lowest BCUT2D eigenvalue weighted by atomic mass is 9.90. The minimum absolute atomic E-state index is 0.0551. The van der Waals surface area contributed by atoms with E-state index in [2.05, 4.69) is 5.43 Å². The molecule has 0 radical (unpaired) electrons. The first kappa shape index (κ1) is 17.0. The normalized spacial score (nSPS) is 19.8. The van der Waals surface area contributed by atoms with Crippen molar-refractivity contribution < 1.29 is 14.3 Å². The van der Waals surface area contributed by atoms with Gasteiger partial charge in [-0.3, -0.25) is 20.0 Å². The minimum atomic E-state index is -0.261. The van der Waals surface area contributed by atoms with E-state index in [1.807, 2.05) is 37.3 Å². The number of carbonyl (C=O) groups excluding carboxylic acids is 2. The van der Waals surface area contributed by atoms with Gasteiger partial charge in [0.15, 0.2) is 0 Å². The summed E-state index contributed by atoms with van der Waals surface area (Å²) in [5, 5.41) is 1.50. The van der Waals surface area contributed by atoms with Gasteiger partial charge in [0.1, 0.15) is 5.75 Å². The average Bonchev–Trinajstić information content (AvgIpc) is 2.98. The fourth-order valence-corrected chi connectivity index (χ4v) is 3.35. The Morgan fingerprint density at radius 3 is 2.44 bits per heavy atom. The van der Waals surface area contributed by atoms with Gasteiger partial charge in [-0.1, -0.05) is 37.3 Å². The number of carbonyl (C=O) groups is 2. The van der Waals surface area contributed by atoms with Crippen LogP contribution in [0.5, 0.6) is 5.75 Å². The number of hydrazine groups is 1. The van der Waals surface area contributed by atoms with E-state index in [0.717, 1.165) is 17.7 Å². The molecule has 25 heavy (non-hydrogen) atoms. The van der Waals surface area contributed by atoms with Gasteiger partial charge in [0.25, 0.3) is 5.91 Å². The lowest BCUT2D eigenvalue weighted by Crippen LogP contribution is -2.48. The van der Waals surface area contributed by atoms with Crippen molar-refractivity contribution in [2.24, 2.45) is 0 Å². The number of methoxy groups -OCH3 is 1. The minimum Gasteiger partial charge on any atom is -0.497 e. The Hall–Kier alpha value is -2.82. The predicted octanol–water partition coefficient (Wildman–Crippen LogP) is 3.13. The summed E-state index contributed by atoms with van der Waals surface area (Å²) in [5.74, 6) is 0.523. The SMILES string of the molecule is CC[C@H]1[C@H](c2ccc(OC)cc2)CC(=O)N1NC(=O)c1ccccc1. The molecule has 1 heterocycles. The Bertz CT molecular complexity index is 743. The molecule has 0 spiro atoms. The first-order valence-corrected chi connectivity index (χ1v) is 8.46. The molecule has 130 valence electrons. The molecule has 1 aliphatic rings. The molecule has 3 rings (SSSR count). The number of amides is 2. The number of nitrogens with one attached hydrogen (secondary N) is 1. The second kappa shape index (κ2) is 7.38. The fraction of sp³-hybridized carbons (Fsp3) is 0.300. The Labute approximate surface area is 147 Å². The fourth-order valence-electron chi connectivity index (χ4n) is 3.35. The van der Waals surface area contributed by atoms with Gasteiger partial charge in [-0.15, -0.1) is 0 Å². The van der Waals surface area contributed by atoms with Crippen molar-refractivity contribution in [2.45, 2.75) is 31.7 Å². The van der Waals surface area contributed by atoms with E-state index in [0.29, 0.717) is 12.0 Å². The van der Waals surface area contributed by atoms with Gasteiger partial charge >= 0.3 is 0 Å². The molecule has 1 saturated heterocycles. The molecule has 5 nitrogen and oxygen atoms in total. The van der Waals surface area contributed by atoms with E-state index in [4.69, 9.17) is 4.74 Å². The summed E-state index contributed by atoms with van der Waals surface area (Å²) in [5.41, 5.74) is 4.41. The van der Waals surface area contributed by atoms with Crippen LogP contribution in [0.25, 0.3) is 0 Å². The number of rotatable bonds is 5. The number of nitrogens with zero attached hydrogens (tertiary/aromatic N) is 1. The first-order chi connectivity index (χ1) is 12.1. The molecular formula is C20H22N2O3. The monoisotopic (exact) mass is 338 g/mol. The summed E-state index contributed by atoms with van der Waals surface area (Å²) in [6.45, 7) is 2.03. The maximum absolute atomic E-state index is 12.5. The summed E-state index contributed by atoms with van der Waals surface area (Å²) in [6, 6.07) is 16.6. The Morgan fingerprint density at radius 1 is 1.16 bits per heavy atom. The molecule has 1 N–H and O–H groups in total. The van der Waals surface area contributed by atoms with E-state index in [1.54, 1.807) is 31.4 Å². The summed E-state index contributed by atoms with van der Waals surface area (Å²) < 4.78 is 5.19. The molecule has 0 unspecified atom stereocenters. The molecule has 5 heteroatoms. The van der Waals surface area contributed by atoms with Crippen LogP contribution in [-0.4, -0.2) is 30.0 Å². The Morgan fingerprint density at radius 2 is 1.84 bits per heavy atom. The maximum Gasteiger partial charge on any atom is 0.269 e. The van der Waals surface area contributed by atoms with Crippen molar-refractivity contribution in [3.05, 3.63) is 65.7 Å². The highest BCUT2D eigenvalue weighted by Gasteiger charge is 2.40. The van der Waals surface area contributed by atoms with Crippen LogP contribution in [0.15, 0.2) is 54.6 Å². The summed E-state index contributed by atoms with van der Waals surface area (Å²) in [7, 11) is 1.63. The molecule has 0 saturated carbocycles. The second-order valence-electron chi connectivity index (χ2n) is 6.13. The Balaban J connectivity index is 1.78. The highest BCUT2D eigenvalue weighted by atomic mass is 16.5. The van der Waals surface area contributed by atoms with Crippen LogP contribution in [0.3, 0.4) is 0 Å². The zero-order chi connectivity index (χ0) is 17.8. The average molecular weight is 338 g/mol. The second-order valence-corrected chi connectivity index (χ2v) is 6.13. The topological polar surface area (TPSA) is 58.6 Å². The smallest absolute Gasteiger partial charge is 0.269 e. The first-order valence-electron chi connectivity index (χ1n) is 8.46. The molecule has 1 fully saturated rings. The van der Waals surface area contributed by atoms with Crippen molar-refractivity contribution in [3.8, 4) is 5.75 Å². The molecule has 0 aliphatic carbocycles. The van der Waals surface area contributed by atoms with Crippen LogP contribution in [0, 0.1) is 0 Å². The predicted molar refractivity (Wildman–Crippen MR) is 95.2 cm³/mol. The molecule has 0 bridgehead atoms. The molecule has 1 aliphatic heterocycles. The highest BCUT2D eigenvalue weighted by molar-refractivity contribution is 5.95. The Kier molecular flexibility index (Phi) is 5.03. The lowest BCUT2D eigenvalue weighted by Gasteiger charge is -2.27. The third-order valence-corrected chi connectivity index (χ3v) is 4.68. The van der Waals surface area contributed by atoms with Crippen molar-refractivity contribution >= 4 is 11.8 Å². The zero-order valence-electron chi connectivity index (χ0n) is 14.4. The standard InChI is InChI=1S/C20H22N2O3/c1-3-18-17(14-9-11-16(25-2)12-10-14)13-19(23)22(18)21-20(24)15-7-5-4-6-8-15/h4-12,17-18H,3,13H2,1-2H3,(H,21,24)/t17-,18-/m0/s1. The van der Waals surface area contributed by atoms with Crippen molar-refractivity contribution in [2.75, 3.05) is 7.11 Å². The van der Waals surface area contributed by atoms with Crippen LogP contribution in [-0.2, 0) is 4.79 Å². The van der Waals surface area contributed by atoms with Gasteiger partial charge in [0.2, 0.25) is 5.91 Å². The van der Waals surface area contributed by atoms with Crippen LogP contribution in [0.4, 0.5) is 0 Å². The molecule has 2 amide bonds. The molecule has 0 aromatic heterocycles. The number of hydrogen-bond donors (Lipinski definition) is 1. The van der Waals surface area contributed by atoms with E-state index in [9.17, 15) is 9.59 Å². The third kappa shape index (κ3) is 3.50. The highest BCUT2D eigenvalue weighted by Crippen LogP contribution is 2.35. The van der Waals surface area contributed by atoms with Crippen LogP contribution in [0.2, 0.25) is 0 Å². The van der Waals surface area contributed by atoms with E-state index < -0.39 is 0 Å². The summed E-state index contributed by atoms with van der Waals surface area (Å²) in [4.78, 5) is 24.9. The summed E-state index contributed by atoms with van der Waals surface area (Å²) >= 11 is 0. The van der Waals surface area contributed by atoms with Gasteiger partial charge in [-0.25, -0.2) is 0 Å². The van der Waals surface area contributed by atoms with Crippen molar-refractivity contribution in [1.29, 1.82) is 0 Å². The van der Waals surface area contributed by atoms with E-state index in [1.165, 1.54) is 5.01 Å². The maximum atomic E-state index is 12.5. The molecular weight excluding hydrogens is 316 g/mol. The largest absolute Gasteiger partial charge is 0.497 e. The lowest BCUT2D eigenvalue weighted by molar-refractivity contribution is -0.131. The van der Waals surface area contributed by atoms with E-state index in [-0.39, 0.29) is 23.8 Å².